The Morgan fingerprint density at radius 1 is 1.20 bits per heavy atom. The van der Waals surface area contributed by atoms with Crippen LogP contribution in [-0.4, -0.2) is 58.3 Å². The molecule has 1 heterocycles. The van der Waals surface area contributed by atoms with Crippen LogP contribution in [-0.2, 0) is 0 Å². The first-order valence-electron chi connectivity index (χ1n) is 7.00. The standard InChI is InChI=1S/C15H23N3OS/c1-15(2,12-19)18-10-8-17(9-11-18)14(20)16-13-6-4-3-5-7-13/h3-7,19H,8-12H2,1-2H3,(H,16,20). The van der Waals surface area contributed by atoms with Gasteiger partial charge in [-0.3, -0.25) is 4.90 Å². The van der Waals surface area contributed by atoms with Gasteiger partial charge in [-0.05, 0) is 38.2 Å². The molecule has 1 aromatic rings. The predicted octanol–water partition coefficient (Wildman–Crippen LogP) is 1.77. The molecule has 0 bridgehead atoms. The fourth-order valence-electron chi connectivity index (χ4n) is 2.34. The first-order valence-corrected chi connectivity index (χ1v) is 7.40. The lowest BCUT2D eigenvalue weighted by Gasteiger charge is -2.43. The highest BCUT2D eigenvalue weighted by Crippen LogP contribution is 2.17. The molecule has 2 N–H and O–H groups in total. The van der Waals surface area contributed by atoms with E-state index in [-0.39, 0.29) is 12.1 Å². The van der Waals surface area contributed by atoms with Crippen molar-refractivity contribution < 1.29 is 5.11 Å². The summed E-state index contributed by atoms with van der Waals surface area (Å²) in [6.45, 7) is 7.95. The summed E-state index contributed by atoms with van der Waals surface area (Å²) in [5, 5.41) is 13.5. The molecule has 0 spiro atoms. The molecular weight excluding hydrogens is 270 g/mol. The van der Waals surface area contributed by atoms with Gasteiger partial charge in [0.05, 0.1) is 6.61 Å². The summed E-state index contributed by atoms with van der Waals surface area (Å²) in [6.07, 6.45) is 0. The van der Waals surface area contributed by atoms with Crippen LogP contribution >= 0.6 is 12.2 Å². The number of thiocarbonyl (C=S) groups is 1. The maximum absolute atomic E-state index is 9.42. The molecule has 2 rings (SSSR count). The van der Waals surface area contributed by atoms with Gasteiger partial charge in [0.25, 0.3) is 0 Å². The third-order valence-corrected chi connectivity index (χ3v) is 4.20. The lowest BCUT2D eigenvalue weighted by Crippen LogP contribution is -2.57. The fraction of sp³-hybridized carbons (Fsp3) is 0.533. The maximum atomic E-state index is 9.42. The van der Waals surface area contributed by atoms with Crippen LogP contribution in [0.1, 0.15) is 13.8 Å². The molecule has 4 nitrogen and oxygen atoms in total. The Morgan fingerprint density at radius 2 is 1.80 bits per heavy atom. The number of aliphatic hydroxyl groups is 1. The summed E-state index contributed by atoms with van der Waals surface area (Å²) in [4.78, 5) is 4.50. The second-order valence-electron chi connectivity index (χ2n) is 5.74. The van der Waals surface area contributed by atoms with Crippen LogP contribution in [0.15, 0.2) is 30.3 Å². The van der Waals surface area contributed by atoms with E-state index < -0.39 is 0 Å². The maximum Gasteiger partial charge on any atom is 0.173 e. The third kappa shape index (κ3) is 3.69. The summed E-state index contributed by atoms with van der Waals surface area (Å²) in [5.41, 5.74) is 0.872. The van der Waals surface area contributed by atoms with Gasteiger partial charge < -0.3 is 15.3 Å². The summed E-state index contributed by atoms with van der Waals surface area (Å²) >= 11 is 5.46. The largest absolute Gasteiger partial charge is 0.394 e. The second kappa shape index (κ2) is 6.52. The molecule has 20 heavy (non-hydrogen) atoms. The minimum atomic E-state index is -0.152. The molecular formula is C15H23N3OS. The van der Waals surface area contributed by atoms with Crippen LogP contribution in [0.4, 0.5) is 5.69 Å². The molecule has 0 unspecified atom stereocenters. The van der Waals surface area contributed by atoms with Crippen molar-refractivity contribution in [3.63, 3.8) is 0 Å². The third-order valence-electron chi connectivity index (χ3n) is 3.83. The normalized spacial score (nSPS) is 17.1. The van der Waals surface area contributed by atoms with E-state index in [2.05, 4.69) is 29.0 Å². The fourth-order valence-corrected chi connectivity index (χ4v) is 2.64. The average Bonchev–Trinajstić information content (AvgIpc) is 2.48. The quantitative estimate of drug-likeness (QED) is 0.831. The zero-order valence-corrected chi connectivity index (χ0v) is 13.0. The second-order valence-corrected chi connectivity index (χ2v) is 6.13. The lowest BCUT2D eigenvalue weighted by molar-refractivity contribution is 0.0315. The van der Waals surface area contributed by atoms with Crippen LogP contribution in [0.3, 0.4) is 0 Å². The molecule has 0 aromatic heterocycles. The highest BCUT2D eigenvalue weighted by molar-refractivity contribution is 7.80. The van der Waals surface area contributed by atoms with Crippen molar-refractivity contribution in [2.24, 2.45) is 0 Å². The number of hydrogen-bond acceptors (Lipinski definition) is 3. The van der Waals surface area contributed by atoms with Gasteiger partial charge in [0.1, 0.15) is 0 Å². The number of nitrogens with zero attached hydrogens (tertiary/aromatic N) is 2. The molecule has 1 saturated heterocycles. The van der Waals surface area contributed by atoms with Crippen molar-refractivity contribution in [1.82, 2.24) is 9.80 Å². The van der Waals surface area contributed by atoms with Crippen molar-refractivity contribution in [3.05, 3.63) is 30.3 Å². The van der Waals surface area contributed by atoms with Gasteiger partial charge in [-0.15, -0.1) is 0 Å². The molecule has 1 aromatic carbocycles. The Labute approximate surface area is 126 Å². The molecule has 110 valence electrons. The van der Waals surface area contributed by atoms with E-state index in [1.165, 1.54) is 0 Å². The molecule has 0 atom stereocenters. The van der Waals surface area contributed by atoms with E-state index in [9.17, 15) is 5.11 Å². The zero-order valence-electron chi connectivity index (χ0n) is 12.2. The SMILES string of the molecule is CC(C)(CO)N1CCN(C(=S)Nc2ccccc2)CC1. The highest BCUT2D eigenvalue weighted by atomic mass is 32.1. The smallest absolute Gasteiger partial charge is 0.173 e. The molecule has 1 aliphatic rings. The van der Waals surface area contributed by atoms with Gasteiger partial charge in [-0.25, -0.2) is 0 Å². The van der Waals surface area contributed by atoms with Crippen molar-refractivity contribution in [2.45, 2.75) is 19.4 Å². The predicted molar refractivity (Wildman–Crippen MR) is 87.0 cm³/mol. The van der Waals surface area contributed by atoms with Crippen molar-refractivity contribution >= 4 is 23.0 Å². The molecule has 5 heteroatoms. The van der Waals surface area contributed by atoms with Gasteiger partial charge in [0.15, 0.2) is 5.11 Å². The summed E-state index contributed by atoms with van der Waals surface area (Å²) < 4.78 is 0. The lowest BCUT2D eigenvalue weighted by atomic mass is 10.0. The van der Waals surface area contributed by atoms with Gasteiger partial charge in [-0.1, -0.05) is 18.2 Å². The van der Waals surface area contributed by atoms with Gasteiger partial charge in [-0.2, -0.15) is 0 Å². The van der Waals surface area contributed by atoms with Crippen molar-refractivity contribution in [2.75, 3.05) is 38.1 Å². The number of aliphatic hydroxyl groups excluding tert-OH is 1. The molecule has 1 aliphatic heterocycles. The number of hydrogen-bond donors (Lipinski definition) is 2. The Morgan fingerprint density at radius 3 is 2.35 bits per heavy atom. The number of piperazine rings is 1. The Bertz CT molecular complexity index is 442. The number of rotatable bonds is 3. The first-order chi connectivity index (χ1) is 9.53. The van der Waals surface area contributed by atoms with Gasteiger partial charge in [0, 0.05) is 37.4 Å². The van der Waals surface area contributed by atoms with Crippen LogP contribution in [0.2, 0.25) is 0 Å². The van der Waals surface area contributed by atoms with E-state index in [4.69, 9.17) is 12.2 Å². The van der Waals surface area contributed by atoms with Gasteiger partial charge >= 0.3 is 0 Å². The molecule has 0 aliphatic carbocycles. The summed E-state index contributed by atoms with van der Waals surface area (Å²) in [7, 11) is 0. The van der Waals surface area contributed by atoms with E-state index in [1.807, 2.05) is 30.3 Å². The average molecular weight is 293 g/mol. The van der Waals surface area contributed by atoms with Gasteiger partial charge in [0.2, 0.25) is 0 Å². The summed E-state index contributed by atoms with van der Waals surface area (Å²) in [6, 6.07) is 10.00. The van der Waals surface area contributed by atoms with Crippen LogP contribution in [0.5, 0.6) is 0 Å². The number of para-hydroxylation sites is 1. The Balaban J connectivity index is 1.86. The van der Waals surface area contributed by atoms with Crippen molar-refractivity contribution in [3.8, 4) is 0 Å². The monoisotopic (exact) mass is 293 g/mol. The van der Waals surface area contributed by atoms with Crippen LogP contribution < -0.4 is 5.32 Å². The number of anilines is 1. The van der Waals surface area contributed by atoms with E-state index in [0.717, 1.165) is 37.0 Å². The van der Waals surface area contributed by atoms with E-state index >= 15 is 0 Å². The summed E-state index contributed by atoms with van der Waals surface area (Å²) in [5.74, 6) is 0. The minimum Gasteiger partial charge on any atom is -0.394 e. The molecule has 1 fully saturated rings. The van der Waals surface area contributed by atoms with Crippen LogP contribution in [0, 0.1) is 0 Å². The highest BCUT2D eigenvalue weighted by Gasteiger charge is 2.29. The van der Waals surface area contributed by atoms with E-state index in [0.29, 0.717) is 0 Å². The molecule has 0 saturated carbocycles. The minimum absolute atomic E-state index is 0.152. The van der Waals surface area contributed by atoms with Crippen molar-refractivity contribution in [1.29, 1.82) is 0 Å². The topological polar surface area (TPSA) is 38.7 Å². The molecule has 0 radical (unpaired) electrons. The zero-order chi connectivity index (χ0) is 14.6. The van der Waals surface area contributed by atoms with E-state index in [1.54, 1.807) is 0 Å². The number of benzene rings is 1. The Hall–Kier alpha value is -1.17. The number of nitrogens with one attached hydrogen (secondary N) is 1. The molecule has 0 amide bonds. The Kier molecular flexibility index (Phi) is 4.96. The van der Waals surface area contributed by atoms with Crippen LogP contribution in [0.25, 0.3) is 0 Å². The first kappa shape index (κ1) is 15.2.